The van der Waals surface area contributed by atoms with Crippen LogP contribution in [0.25, 0.3) is 0 Å². The molecule has 0 fully saturated rings. The molecule has 0 bridgehead atoms. The number of halogens is 1. The highest BCUT2D eigenvalue weighted by molar-refractivity contribution is 7.09. The van der Waals surface area contributed by atoms with E-state index in [0.717, 1.165) is 4.88 Å². The van der Waals surface area contributed by atoms with Gasteiger partial charge in [0, 0.05) is 11.4 Å². The molecule has 26 heavy (non-hydrogen) atoms. The number of nitrogens with zero attached hydrogens (tertiary/aromatic N) is 3. The Kier molecular flexibility index (Phi) is 5.69. The van der Waals surface area contributed by atoms with Crippen LogP contribution < -0.4 is 10.6 Å². The first-order valence-electron chi connectivity index (χ1n) is 7.87. The Morgan fingerprint density at radius 2 is 1.96 bits per heavy atom. The zero-order valence-corrected chi connectivity index (χ0v) is 14.5. The third-order valence-electron chi connectivity index (χ3n) is 3.52. The van der Waals surface area contributed by atoms with E-state index in [4.69, 9.17) is 0 Å². The number of carbonyl (C=O) groups excluding carboxylic acids is 2. The maximum atomic E-state index is 13.5. The van der Waals surface area contributed by atoms with Crippen LogP contribution in [0.15, 0.2) is 48.0 Å². The Labute approximate surface area is 152 Å². The van der Waals surface area contributed by atoms with Gasteiger partial charge in [-0.15, -0.1) is 16.4 Å². The van der Waals surface area contributed by atoms with Gasteiger partial charge in [-0.05, 0) is 23.6 Å². The van der Waals surface area contributed by atoms with Crippen LogP contribution >= 0.6 is 11.3 Å². The van der Waals surface area contributed by atoms with Crippen LogP contribution in [0.5, 0.6) is 0 Å². The monoisotopic (exact) mass is 373 g/mol. The molecular formula is C17H16FN5O2S. The second kappa shape index (κ2) is 8.34. The second-order valence-corrected chi connectivity index (χ2v) is 6.40. The van der Waals surface area contributed by atoms with Crippen molar-refractivity contribution in [3.8, 4) is 0 Å². The first kappa shape index (κ1) is 17.7. The van der Waals surface area contributed by atoms with Crippen molar-refractivity contribution >= 4 is 23.2 Å². The molecule has 1 aromatic carbocycles. The van der Waals surface area contributed by atoms with Crippen LogP contribution in [0.3, 0.4) is 0 Å². The lowest BCUT2D eigenvalue weighted by Crippen LogP contribution is -2.28. The molecule has 9 heteroatoms. The van der Waals surface area contributed by atoms with Gasteiger partial charge < -0.3 is 10.6 Å². The zero-order valence-electron chi connectivity index (χ0n) is 13.7. The van der Waals surface area contributed by atoms with E-state index in [1.807, 2.05) is 17.5 Å². The number of amides is 2. The first-order valence-corrected chi connectivity index (χ1v) is 8.75. The first-order chi connectivity index (χ1) is 12.6. The molecule has 0 aliphatic carbocycles. The number of hydrogen-bond acceptors (Lipinski definition) is 5. The third-order valence-corrected chi connectivity index (χ3v) is 4.40. The number of nitrogens with one attached hydrogen (secondary N) is 2. The maximum absolute atomic E-state index is 13.5. The average Bonchev–Trinajstić information content (AvgIpc) is 3.32. The van der Waals surface area contributed by atoms with Gasteiger partial charge in [-0.25, -0.2) is 9.07 Å². The van der Waals surface area contributed by atoms with E-state index < -0.39 is 11.7 Å². The summed E-state index contributed by atoms with van der Waals surface area (Å²) < 4.78 is 15.0. The third kappa shape index (κ3) is 4.51. The molecule has 3 rings (SSSR count). The topological polar surface area (TPSA) is 88.9 Å². The fourth-order valence-electron chi connectivity index (χ4n) is 2.21. The molecule has 2 N–H and O–H groups in total. The summed E-state index contributed by atoms with van der Waals surface area (Å²) in [5.41, 5.74) is 0.182. The predicted molar refractivity (Wildman–Crippen MR) is 94.2 cm³/mol. The maximum Gasteiger partial charge on any atom is 0.273 e. The fraction of sp³-hybridized carbons (Fsp3) is 0.176. The van der Waals surface area contributed by atoms with Gasteiger partial charge in [0.1, 0.15) is 5.82 Å². The molecule has 2 amide bonds. The van der Waals surface area contributed by atoms with E-state index >= 15 is 0 Å². The minimum atomic E-state index is -0.574. The van der Waals surface area contributed by atoms with Crippen molar-refractivity contribution in [2.45, 2.75) is 13.1 Å². The molecule has 3 aromatic rings. The second-order valence-electron chi connectivity index (χ2n) is 5.36. The van der Waals surface area contributed by atoms with Crippen molar-refractivity contribution in [1.29, 1.82) is 0 Å². The molecule has 0 aliphatic rings. The molecule has 7 nitrogen and oxygen atoms in total. The van der Waals surface area contributed by atoms with Gasteiger partial charge in [-0.1, -0.05) is 23.4 Å². The highest BCUT2D eigenvalue weighted by Gasteiger charge is 2.12. The standard InChI is InChI=1S/C17H16FN5O2S/c18-14-6-2-1-5-13(14)16(24)19-7-8-23-11-15(21-22-23)17(25)20-10-12-4-3-9-26-12/h1-6,9,11H,7-8,10H2,(H,19,24)(H,20,25). The molecule has 0 atom stereocenters. The molecule has 0 aliphatic heterocycles. The lowest BCUT2D eigenvalue weighted by Gasteiger charge is -2.05. The van der Waals surface area contributed by atoms with E-state index in [0.29, 0.717) is 13.1 Å². The van der Waals surface area contributed by atoms with Gasteiger partial charge in [0.05, 0.1) is 24.8 Å². The van der Waals surface area contributed by atoms with Crippen molar-refractivity contribution in [1.82, 2.24) is 25.6 Å². The van der Waals surface area contributed by atoms with Crippen LogP contribution in [0.2, 0.25) is 0 Å². The molecule has 2 heterocycles. The molecule has 0 unspecified atom stereocenters. The number of benzene rings is 1. The summed E-state index contributed by atoms with van der Waals surface area (Å²) in [6, 6.07) is 9.60. The Hall–Kier alpha value is -3.07. The summed E-state index contributed by atoms with van der Waals surface area (Å²) in [6.45, 7) is 0.972. The van der Waals surface area contributed by atoms with Crippen LogP contribution in [0, 0.1) is 5.82 Å². The van der Waals surface area contributed by atoms with Crippen molar-refractivity contribution in [2.24, 2.45) is 0 Å². The lowest BCUT2D eigenvalue weighted by atomic mass is 10.2. The molecule has 2 aromatic heterocycles. The minimum Gasteiger partial charge on any atom is -0.350 e. The average molecular weight is 373 g/mol. The molecule has 0 saturated carbocycles. The zero-order chi connectivity index (χ0) is 18.4. The van der Waals surface area contributed by atoms with Gasteiger partial charge in [0.25, 0.3) is 11.8 Å². The van der Waals surface area contributed by atoms with Crippen LogP contribution in [-0.2, 0) is 13.1 Å². The van der Waals surface area contributed by atoms with Crippen LogP contribution in [-0.4, -0.2) is 33.4 Å². The molecule has 0 saturated heterocycles. The SMILES string of the molecule is O=C(NCc1cccs1)c1cn(CCNC(=O)c2ccccc2F)nn1. The Morgan fingerprint density at radius 3 is 2.73 bits per heavy atom. The predicted octanol–water partition coefficient (Wildman–Crippen LogP) is 1.84. The van der Waals surface area contributed by atoms with E-state index in [1.54, 1.807) is 17.4 Å². The molecular weight excluding hydrogens is 357 g/mol. The number of thiophene rings is 1. The highest BCUT2D eigenvalue weighted by Crippen LogP contribution is 2.08. The Morgan fingerprint density at radius 1 is 1.12 bits per heavy atom. The highest BCUT2D eigenvalue weighted by atomic mass is 32.1. The Bertz CT molecular complexity index is 894. The molecule has 0 radical (unpaired) electrons. The number of aromatic nitrogens is 3. The van der Waals surface area contributed by atoms with Crippen molar-refractivity contribution in [3.63, 3.8) is 0 Å². The largest absolute Gasteiger partial charge is 0.350 e. The summed E-state index contributed by atoms with van der Waals surface area (Å²) in [6.07, 6.45) is 1.50. The molecule has 0 spiro atoms. The van der Waals surface area contributed by atoms with Gasteiger partial charge in [-0.3, -0.25) is 9.59 Å². The van der Waals surface area contributed by atoms with Gasteiger partial charge in [0.15, 0.2) is 5.69 Å². The fourth-order valence-corrected chi connectivity index (χ4v) is 2.85. The summed E-state index contributed by atoms with van der Waals surface area (Å²) >= 11 is 1.56. The molecule has 134 valence electrons. The summed E-state index contributed by atoms with van der Waals surface area (Å²) in [7, 11) is 0. The van der Waals surface area contributed by atoms with E-state index in [-0.39, 0.29) is 23.7 Å². The van der Waals surface area contributed by atoms with E-state index in [9.17, 15) is 14.0 Å². The smallest absolute Gasteiger partial charge is 0.273 e. The van der Waals surface area contributed by atoms with Gasteiger partial charge in [0.2, 0.25) is 0 Å². The van der Waals surface area contributed by atoms with E-state index in [1.165, 1.54) is 29.1 Å². The normalized spacial score (nSPS) is 10.5. The summed E-state index contributed by atoms with van der Waals surface area (Å²) in [4.78, 5) is 25.0. The number of rotatable bonds is 7. The van der Waals surface area contributed by atoms with Crippen LogP contribution in [0.4, 0.5) is 4.39 Å². The van der Waals surface area contributed by atoms with Gasteiger partial charge in [-0.2, -0.15) is 0 Å². The van der Waals surface area contributed by atoms with Crippen molar-refractivity contribution in [2.75, 3.05) is 6.54 Å². The summed E-state index contributed by atoms with van der Waals surface area (Å²) in [5, 5.41) is 15.0. The lowest BCUT2D eigenvalue weighted by molar-refractivity contribution is 0.0938. The van der Waals surface area contributed by atoms with Crippen molar-refractivity contribution < 1.29 is 14.0 Å². The minimum absolute atomic E-state index is 0.0141. The quantitative estimate of drug-likeness (QED) is 0.661. The van der Waals surface area contributed by atoms with Crippen LogP contribution in [0.1, 0.15) is 25.7 Å². The summed E-state index contributed by atoms with van der Waals surface area (Å²) in [5.74, 6) is -1.40. The Balaban J connectivity index is 1.47. The number of hydrogen-bond donors (Lipinski definition) is 2. The van der Waals surface area contributed by atoms with Crippen molar-refractivity contribution in [3.05, 3.63) is 69.9 Å². The van der Waals surface area contributed by atoms with E-state index in [2.05, 4.69) is 20.9 Å². The number of carbonyl (C=O) groups is 2. The van der Waals surface area contributed by atoms with Gasteiger partial charge >= 0.3 is 0 Å².